The normalized spacial score (nSPS) is 21.9. The summed E-state index contributed by atoms with van der Waals surface area (Å²) in [5.74, 6) is -0.154. The number of amides is 1. The number of morpholine rings is 1. The minimum atomic E-state index is -3.65. The summed E-state index contributed by atoms with van der Waals surface area (Å²) in [6.07, 6.45) is 1.79. The number of hydrogen-bond acceptors (Lipinski definition) is 5. The fraction of sp³-hybridized carbons (Fsp3) is 0.458. The molecule has 2 saturated heterocycles. The molecular weight excluding hydrogens is 426 g/mol. The lowest BCUT2D eigenvalue weighted by atomic mass is 10.0. The van der Waals surface area contributed by atoms with Crippen LogP contribution in [-0.2, 0) is 14.8 Å². The lowest BCUT2D eigenvalue weighted by Gasteiger charge is -2.37. The first-order valence-electron chi connectivity index (χ1n) is 11.1. The van der Waals surface area contributed by atoms with Gasteiger partial charge in [0, 0.05) is 39.4 Å². The molecule has 0 spiro atoms. The van der Waals surface area contributed by atoms with Gasteiger partial charge in [0.25, 0.3) is 5.91 Å². The topological polar surface area (TPSA) is 70.2 Å². The van der Waals surface area contributed by atoms with Crippen molar-refractivity contribution < 1.29 is 17.9 Å². The minimum absolute atomic E-state index is 0.123. The van der Waals surface area contributed by atoms with E-state index in [0.717, 1.165) is 37.2 Å². The van der Waals surface area contributed by atoms with E-state index in [2.05, 4.69) is 4.90 Å². The number of sulfonamides is 1. The van der Waals surface area contributed by atoms with E-state index in [1.165, 1.54) is 18.4 Å². The highest BCUT2D eigenvalue weighted by Crippen LogP contribution is 2.32. The van der Waals surface area contributed by atoms with Gasteiger partial charge in [0.2, 0.25) is 10.0 Å². The van der Waals surface area contributed by atoms with Gasteiger partial charge in [0.15, 0.2) is 0 Å². The van der Waals surface area contributed by atoms with Crippen LogP contribution in [0.15, 0.2) is 53.4 Å². The van der Waals surface area contributed by atoms with E-state index in [-0.39, 0.29) is 23.0 Å². The number of rotatable bonds is 5. The summed E-state index contributed by atoms with van der Waals surface area (Å²) >= 11 is 0. The molecule has 0 radical (unpaired) electrons. The summed E-state index contributed by atoms with van der Waals surface area (Å²) in [7, 11) is -0.650. The van der Waals surface area contributed by atoms with Crippen LogP contribution in [0, 0.1) is 0 Å². The maximum absolute atomic E-state index is 13.8. The van der Waals surface area contributed by atoms with Crippen molar-refractivity contribution in [2.75, 3.05) is 45.2 Å². The van der Waals surface area contributed by atoms with Gasteiger partial charge in [-0.15, -0.1) is 0 Å². The summed E-state index contributed by atoms with van der Waals surface area (Å²) in [6.45, 7) is 4.59. The number of anilines is 1. The molecule has 8 heteroatoms. The Balaban J connectivity index is 1.70. The van der Waals surface area contributed by atoms with Crippen molar-refractivity contribution in [1.29, 1.82) is 0 Å². The maximum Gasteiger partial charge on any atom is 0.256 e. The van der Waals surface area contributed by atoms with E-state index in [0.29, 0.717) is 18.7 Å². The van der Waals surface area contributed by atoms with Crippen LogP contribution in [0.2, 0.25) is 0 Å². The van der Waals surface area contributed by atoms with E-state index in [1.807, 2.05) is 37.3 Å². The summed E-state index contributed by atoms with van der Waals surface area (Å²) in [5, 5.41) is 0. The average molecular weight is 458 g/mol. The van der Waals surface area contributed by atoms with Crippen molar-refractivity contribution >= 4 is 21.6 Å². The van der Waals surface area contributed by atoms with Crippen molar-refractivity contribution in [2.24, 2.45) is 0 Å². The molecular formula is C24H31N3O4S. The Morgan fingerprint density at radius 2 is 1.72 bits per heavy atom. The van der Waals surface area contributed by atoms with Crippen molar-refractivity contribution in [2.45, 2.75) is 36.9 Å². The third kappa shape index (κ3) is 4.53. The molecule has 32 heavy (non-hydrogen) atoms. The highest BCUT2D eigenvalue weighted by molar-refractivity contribution is 7.89. The first-order valence-corrected chi connectivity index (χ1v) is 12.5. The Morgan fingerprint density at radius 1 is 1.03 bits per heavy atom. The second-order valence-corrected chi connectivity index (χ2v) is 10.9. The van der Waals surface area contributed by atoms with Gasteiger partial charge < -0.3 is 14.5 Å². The zero-order valence-electron chi connectivity index (χ0n) is 18.9. The third-order valence-electron chi connectivity index (χ3n) is 6.14. The van der Waals surface area contributed by atoms with E-state index in [4.69, 9.17) is 4.74 Å². The van der Waals surface area contributed by atoms with E-state index in [1.54, 1.807) is 23.1 Å². The largest absolute Gasteiger partial charge is 0.371 e. The van der Waals surface area contributed by atoms with Crippen LogP contribution in [0.3, 0.4) is 0 Å². The molecule has 172 valence electrons. The van der Waals surface area contributed by atoms with Crippen molar-refractivity contribution in [1.82, 2.24) is 9.21 Å². The summed E-state index contributed by atoms with van der Waals surface area (Å²) < 4.78 is 32.8. The monoisotopic (exact) mass is 457 g/mol. The van der Waals surface area contributed by atoms with Crippen LogP contribution in [0.5, 0.6) is 0 Å². The average Bonchev–Trinajstić information content (AvgIpc) is 3.33. The molecule has 2 fully saturated rings. The van der Waals surface area contributed by atoms with Gasteiger partial charge in [-0.1, -0.05) is 30.3 Å². The number of hydrogen-bond donors (Lipinski definition) is 0. The Morgan fingerprint density at radius 3 is 2.38 bits per heavy atom. The third-order valence-corrected chi connectivity index (χ3v) is 7.95. The second-order valence-electron chi connectivity index (χ2n) is 8.72. The van der Waals surface area contributed by atoms with Gasteiger partial charge in [-0.05, 0) is 43.5 Å². The predicted octanol–water partition coefficient (Wildman–Crippen LogP) is 3.14. The molecule has 0 aromatic heterocycles. The Hall–Kier alpha value is -2.42. The van der Waals surface area contributed by atoms with Gasteiger partial charge in [0.05, 0.1) is 23.1 Å². The van der Waals surface area contributed by atoms with Crippen molar-refractivity contribution in [3.63, 3.8) is 0 Å². The fourth-order valence-electron chi connectivity index (χ4n) is 4.43. The van der Waals surface area contributed by atoms with Gasteiger partial charge in [-0.25, -0.2) is 12.7 Å². The van der Waals surface area contributed by atoms with Crippen molar-refractivity contribution in [3.8, 4) is 0 Å². The van der Waals surface area contributed by atoms with Crippen molar-refractivity contribution in [3.05, 3.63) is 59.7 Å². The molecule has 2 aliphatic rings. The molecule has 2 heterocycles. The first-order chi connectivity index (χ1) is 15.3. The lowest BCUT2D eigenvalue weighted by Crippen LogP contribution is -2.46. The molecule has 4 rings (SSSR count). The molecule has 2 unspecified atom stereocenters. The standard InChI is InChI=1S/C24H31N3O4S/c1-18-16-27(17-23(31-18)19-9-5-4-6-10-19)24(28)21-15-20(32(29,30)25(2)3)11-12-22(21)26-13-7-8-14-26/h4-6,9-12,15,18,23H,7-8,13-14,16-17H2,1-3H3. The van der Waals surface area contributed by atoms with Crippen LogP contribution in [0.25, 0.3) is 0 Å². The molecule has 2 atom stereocenters. The molecule has 0 bridgehead atoms. The lowest BCUT2D eigenvalue weighted by molar-refractivity contribution is -0.0691. The Labute approximate surface area is 190 Å². The second kappa shape index (κ2) is 9.21. The van der Waals surface area contributed by atoms with Gasteiger partial charge in [0.1, 0.15) is 6.10 Å². The van der Waals surface area contributed by atoms with Gasteiger partial charge >= 0.3 is 0 Å². The highest BCUT2D eigenvalue weighted by Gasteiger charge is 2.32. The molecule has 0 N–H and O–H groups in total. The Bertz CT molecular complexity index is 1070. The van der Waals surface area contributed by atoms with E-state index < -0.39 is 10.0 Å². The minimum Gasteiger partial charge on any atom is -0.371 e. The van der Waals surface area contributed by atoms with E-state index >= 15 is 0 Å². The van der Waals surface area contributed by atoms with Crippen LogP contribution >= 0.6 is 0 Å². The Kier molecular flexibility index (Phi) is 6.55. The van der Waals surface area contributed by atoms with Gasteiger partial charge in [-0.2, -0.15) is 0 Å². The molecule has 2 aliphatic heterocycles. The zero-order chi connectivity index (χ0) is 22.9. The molecule has 0 aliphatic carbocycles. The highest BCUT2D eigenvalue weighted by atomic mass is 32.2. The quantitative estimate of drug-likeness (QED) is 0.690. The summed E-state index contributed by atoms with van der Waals surface area (Å²) in [5.41, 5.74) is 2.27. The number of benzene rings is 2. The molecule has 7 nitrogen and oxygen atoms in total. The molecule has 0 saturated carbocycles. The van der Waals surface area contributed by atoms with Crippen LogP contribution in [-0.4, -0.2) is 69.9 Å². The first kappa shape index (κ1) is 22.8. The molecule has 2 aromatic rings. The number of carbonyl (C=O) groups excluding carboxylic acids is 1. The molecule has 1 amide bonds. The van der Waals surface area contributed by atoms with Crippen LogP contribution in [0.4, 0.5) is 5.69 Å². The fourth-order valence-corrected chi connectivity index (χ4v) is 5.36. The summed E-state index contributed by atoms with van der Waals surface area (Å²) in [6, 6.07) is 14.8. The van der Waals surface area contributed by atoms with Gasteiger partial charge in [-0.3, -0.25) is 4.79 Å². The van der Waals surface area contributed by atoms with E-state index in [9.17, 15) is 13.2 Å². The number of carbonyl (C=O) groups is 1. The maximum atomic E-state index is 13.8. The smallest absolute Gasteiger partial charge is 0.256 e. The SMILES string of the molecule is CC1CN(C(=O)c2cc(S(=O)(=O)N(C)C)ccc2N2CCCC2)CC(c2ccccc2)O1. The van der Waals surface area contributed by atoms with Crippen LogP contribution < -0.4 is 4.90 Å². The predicted molar refractivity (Wildman–Crippen MR) is 124 cm³/mol. The zero-order valence-corrected chi connectivity index (χ0v) is 19.7. The number of nitrogens with zero attached hydrogens (tertiary/aromatic N) is 3. The summed E-state index contributed by atoms with van der Waals surface area (Å²) in [4.78, 5) is 17.9. The van der Waals surface area contributed by atoms with Crippen LogP contribution in [0.1, 0.15) is 41.8 Å². The number of ether oxygens (including phenoxy) is 1. The molecule has 2 aromatic carbocycles.